The van der Waals surface area contributed by atoms with Crippen LogP contribution in [0.3, 0.4) is 0 Å². The van der Waals surface area contributed by atoms with Crippen LogP contribution in [0.5, 0.6) is 0 Å². The number of aryl methyl sites for hydroxylation is 1. The highest BCUT2D eigenvalue weighted by Crippen LogP contribution is 2.27. The molecule has 0 atom stereocenters. The molecule has 0 saturated carbocycles. The third kappa shape index (κ3) is 2.16. The summed E-state index contributed by atoms with van der Waals surface area (Å²) in [5.41, 5.74) is 3.98. The second kappa shape index (κ2) is 4.78. The largest absolute Gasteiger partial charge is 0.298 e. The number of halogens is 1. The predicted molar refractivity (Wildman–Crippen MR) is 74.7 cm³/mol. The molecule has 0 aliphatic heterocycles. The van der Waals surface area contributed by atoms with Crippen LogP contribution >= 0.6 is 22.6 Å². The van der Waals surface area contributed by atoms with E-state index in [9.17, 15) is 4.79 Å². The van der Waals surface area contributed by atoms with Gasteiger partial charge in [0.25, 0.3) is 0 Å². The summed E-state index contributed by atoms with van der Waals surface area (Å²) in [6, 6.07) is 14.0. The fourth-order valence-electron chi connectivity index (χ4n) is 1.70. The van der Waals surface area contributed by atoms with Crippen molar-refractivity contribution in [1.29, 1.82) is 0 Å². The molecule has 16 heavy (non-hydrogen) atoms. The van der Waals surface area contributed by atoms with Crippen LogP contribution in [-0.4, -0.2) is 6.29 Å². The van der Waals surface area contributed by atoms with Crippen LogP contribution in [0.25, 0.3) is 11.1 Å². The minimum absolute atomic E-state index is 0.754. The van der Waals surface area contributed by atoms with E-state index >= 15 is 0 Å². The van der Waals surface area contributed by atoms with Gasteiger partial charge in [0.05, 0.1) is 0 Å². The first kappa shape index (κ1) is 11.3. The Morgan fingerprint density at radius 1 is 1.06 bits per heavy atom. The van der Waals surface area contributed by atoms with Gasteiger partial charge in [-0.05, 0) is 52.8 Å². The standard InChI is InChI=1S/C14H11IO/c1-10-6-7-12(11(8-10)9-16)13-4-2-3-5-14(13)15/h2-9H,1H3. The van der Waals surface area contributed by atoms with Crippen LogP contribution in [-0.2, 0) is 0 Å². The Labute approximate surface area is 109 Å². The molecule has 80 valence electrons. The van der Waals surface area contributed by atoms with Gasteiger partial charge >= 0.3 is 0 Å². The van der Waals surface area contributed by atoms with Crippen molar-refractivity contribution in [3.8, 4) is 11.1 Å². The molecule has 0 N–H and O–H groups in total. The monoisotopic (exact) mass is 322 g/mol. The maximum atomic E-state index is 11.1. The minimum Gasteiger partial charge on any atom is -0.298 e. The maximum absolute atomic E-state index is 11.1. The third-order valence-electron chi connectivity index (χ3n) is 2.50. The molecule has 2 heteroatoms. The Bertz CT molecular complexity index is 532. The molecule has 2 aromatic rings. The number of hydrogen-bond acceptors (Lipinski definition) is 1. The average molecular weight is 322 g/mol. The minimum atomic E-state index is 0.754. The van der Waals surface area contributed by atoms with Crippen LogP contribution in [0.2, 0.25) is 0 Å². The normalized spacial score (nSPS) is 10.1. The molecule has 0 aliphatic carbocycles. The van der Waals surface area contributed by atoms with Crippen LogP contribution in [0.1, 0.15) is 15.9 Å². The van der Waals surface area contributed by atoms with E-state index < -0.39 is 0 Å². The maximum Gasteiger partial charge on any atom is 0.150 e. The molecule has 0 radical (unpaired) electrons. The molecule has 1 nitrogen and oxygen atoms in total. The number of aldehydes is 1. The van der Waals surface area contributed by atoms with Crippen molar-refractivity contribution in [3.05, 3.63) is 57.2 Å². The highest BCUT2D eigenvalue weighted by molar-refractivity contribution is 14.1. The molecule has 0 fully saturated rings. The second-order valence-electron chi connectivity index (χ2n) is 3.69. The van der Waals surface area contributed by atoms with E-state index in [2.05, 4.69) is 22.6 Å². The van der Waals surface area contributed by atoms with E-state index in [-0.39, 0.29) is 0 Å². The SMILES string of the molecule is Cc1ccc(-c2ccccc2I)c(C=O)c1. The van der Waals surface area contributed by atoms with Gasteiger partial charge in [0.15, 0.2) is 6.29 Å². The lowest BCUT2D eigenvalue weighted by molar-refractivity contribution is 0.112. The number of hydrogen-bond donors (Lipinski definition) is 0. The van der Waals surface area contributed by atoms with Gasteiger partial charge in [-0.1, -0.05) is 35.9 Å². The van der Waals surface area contributed by atoms with Crippen molar-refractivity contribution in [1.82, 2.24) is 0 Å². The molecule has 0 amide bonds. The van der Waals surface area contributed by atoms with E-state index in [1.807, 2.05) is 49.4 Å². The summed E-state index contributed by atoms with van der Waals surface area (Å²) in [6.45, 7) is 1.99. The molecule has 0 heterocycles. The summed E-state index contributed by atoms with van der Waals surface area (Å²) >= 11 is 2.29. The Morgan fingerprint density at radius 3 is 2.50 bits per heavy atom. The van der Waals surface area contributed by atoms with Gasteiger partial charge < -0.3 is 0 Å². The molecular weight excluding hydrogens is 311 g/mol. The topological polar surface area (TPSA) is 17.1 Å². The van der Waals surface area contributed by atoms with Crippen LogP contribution in [0, 0.1) is 10.5 Å². The van der Waals surface area contributed by atoms with Crippen molar-refractivity contribution in [3.63, 3.8) is 0 Å². The highest BCUT2D eigenvalue weighted by atomic mass is 127. The van der Waals surface area contributed by atoms with Gasteiger partial charge in [0.1, 0.15) is 0 Å². The molecular formula is C14H11IO. The first-order chi connectivity index (χ1) is 7.72. The Balaban J connectivity index is 2.65. The van der Waals surface area contributed by atoms with Gasteiger partial charge in [-0.25, -0.2) is 0 Å². The molecule has 0 spiro atoms. The molecule has 0 aliphatic rings. The fourth-order valence-corrected chi connectivity index (χ4v) is 2.38. The van der Waals surface area contributed by atoms with Gasteiger partial charge in [0, 0.05) is 9.13 Å². The molecule has 0 saturated heterocycles. The number of benzene rings is 2. The van der Waals surface area contributed by atoms with Crippen molar-refractivity contribution < 1.29 is 4.79 Å². The smallest absolute Gasteiger partial charge is 0.150 e. The molecule has 2 rings (SSSR count). The summed E-state index contributed by atoms with van der Waals surface area (Å²) in [5, 5.41) is 0. The zero-order valence-corrected chi connectivity index (χ0v) is 11.1. The quantitative estimate of drug-likeness (QED) is 0.601. The van der Waals surface area contributed by atoms with Crippen molar-refractivity contribution >= 4 is 28.9 Å². The number of rotatable bonds is 2. The van der Waals surface area contributed by atoms with E-state index in [0.29, 0.717) is 0 Å². The van der Waals surface area contributed by atoms with E-state index in [0.717, 1.165) is 32.1 Å². The zero-order valence-electron chi connectivity index (χ0n) is 8.91. The van der Waals surface area contributed by atoms with Crippen LogP contribution in [0.4, 0.5) is 0 Å². The lowest BCUT2D eigenvalue weighted by Crippen LogP contribution is -1.90. The van der Waals surface area contributed by atoms with Crippen molar-refractivity contribution in [2.75, 3.05) is 0 Å². The van der Waals surface area contributed by atoms with Crippen LogP contribution in [0.15, 0.2) is 42.5 Å². The summed E-state index contributed by atoms with van der Waals surface area (Å²) in [4.78, 5) is 11.1. The lowest BCUT2D eigenvalue weighted by Gasteiger charge is -2.08. The Hall–Kier alpha value is -1.16. The second-order valence-corrected chi connectivity index (χ2v) is 4.85. The number of carbonyl (C=O) groups is 1. The first-order valence-corrected chi connectivity index (χ1v) is 6.11. The van der Waals surface area contributed by atoms with E-state index in [1.54, 1.807) is 0 Å². The molecule has 2 aromatic carbocycles. The summed E-state index contributed by atoms with van der Waals surface area (Å²) in [6.07, 6.45) is 0.922. The molecule has 0 bridgehead atoms. The van der Waals surface area contributed by atoms with Gasteiger partial charge in [-0.2, -0.15) is 0 Å². The van der Waals surface area contributed by atoms with Crippen LogP contribution < -0.4 is 0 Å². The van der Waals surface area contributed by atoms with Gasteiger partial charge in [-0.15, -0.1) is 0 Å². The summed E-state index contributed by atoms with van der Waals surface area (Å²) < 4.78 is 1.16. The predicted octanol–water partition coefficient (Wildman–Crippen LogP) is 4.08. The Morgan fingerprint density at radius 2 is 1.81 bits per heavy atom. The van der Waals surface area contributed by atoms with Crippen molar-refractivity contribution in [2.45, 2.75) is 6.92 Å². The number of carbonyl (C=O) groups excluding carboxylic acids is 1. The van der Waals surface area contributed by atoms with Gasteiger partial charge in [-0.3, -0.25) is 4.79 Å². The summed E-state index contributed by atoms with van der Waals surface area (Å²) in [7, 11) is 0. The van der Waals surface area contributed by atoms with Gasteiger partial charge in [0.2, 0.25) is 0 Å². The average Bonchev–Trinajstić information content (AvgIpc) is 2.30. The zero-order chi connectivity index (χ0) is 11.5. The third-order valence-corrected chi connectivity index (χ3v) is 3.44. The molecule has 0 aromatic heterocycles. The van der Waals surface area contributed by atoms with Crippen molar-refractivity contribution in [2.24, 2.45) is 0 Å². The fraction of sp³-hybridized carbons (Fsp3) is 0.0714. The van der Waals surface area contributed by atoms with E-state index in [4.69, 9.17) is 0 Å². The summed E-state index contributed by atoms with van der Waals surface area (Å²) in [5.74, 6) is 0. The lowest BCUT2D eigenvalue weighted by atomic mass is 9.99. The Kier molecular flexibility index (Phi) is 3.39. The highest BCUT2D eigenvalue weighted by Gasteiger charge is 2.07. The molecule has 0 unspecified atom stereocenters. The first-order valence-electron chi connectivity index (χ1n) is 5.03. The van der Waals surface area contributed by atoms with E-state index in [1.165, 1.54) is 0 Å².